The molecule has 98 valence electrons. The van der Waals surface area contributed by atoms with E-state index in [-0.39, 0.29) is 12.0 Å². The van der Waals surface area contributed by atoms with Crippen molar-refractivity contribution in [3.63, 3.8) is 0 Å². The largest absolute Gasteiger partial charge is 0.443 e. The summed E-state index contributed by atoms with van der Waals surface area (Å²) < 4.78 is 5.36. The van der Waals surface area contributed by atoms with E-state index in [2.05, 4.69) is 9.97 Å². The van der Waals surface area contributed by atoms with Crippen molar-refractivity contribution in [1.82, 2.24) is 9.97 Å². The molecule has 2 N–H and O–H groups in total. The van der Waals surface area contributed by atoms with Crippen LogP contribution in [-0.4, -0.2) is 28.2 Å². The van der Waals surface area contributed by atoms with Gasteiger partial charge in [0.05, 0.1) is 17.6 Å². The van der Waals surface area contributed by atoms with Gasteiger partial charge in [-0.2, -0.15) is 0 Å². The second-order valence-corrected chi connectivity index (χ2v) is 5.30. The minimum Gasteiger partial charge on any atom is -0.443 e. The molecule has 1 aliphatic heterocycles. The van der Waals surface area contributed by atoms with E-state index in [1.807, 2.05) is 20.8 Å². The predicted octanol–water partition coefficient (Wildman–Crippen LogP) is 1.75. The highest BCUT2D eigenvalue weighted by Gasteiger charge is 2.28. The summed E-state index contributed by atoms with van der Waals surface area (Å²) >= 11 is 0. The van der Waals surface area contributed by atoms with E-state index in [1.54, 1.807) is 11.1 Å². The lowest BCUT2D eigenvalue weighted by Gasteiger charge is -2.30. The minimum absolute atomic E-state index is 0.236. The number of aromatic nitrogens is 2. The van der Waals surface area contributed by atoms with Crippen LogP contribution in [0.4, 0.5) is 16.4 Å². The van der Waals surface area contributed by atoms with E-state index in [0.29, 0.717) is 12.2 Å². The predicted molar refractivity (Wildman–Crippen MR) is 68.3 cm³/mol. The summed E-state index contributed by atoms with van der Waals surface area (Å²) in [5, 5.41) is 0. The number of carbonyl (C=O) groups is 1. The number of aryl methyl sites for hydroxylation is 1. The Labute approximate surface area is 106 Å². The van der Waals surface area contributed by atoms with Gasteiger partial charge in [-0.1, -0.05) is 0 Å². The number of carbonyl (C=O) groups excluding carboxylic acids is 1. The zero-order valence-electron chi connectivity index (χ0n) is 10.9. The molecule has 0 bridgehead atoms. The fourth-order valence-electron chi connectivity index (χ4n) is 1.87. The highest BCUT2D eigenvalue weighted by Crippen LogP contribution is 2.26. The average Bonchev–Trinajstić information content (AvgIpc) is 2.25. The lowest BCUT2D eigenvalue weighted by molar-refractivity contribution is 0.0577. The van der Waals surface area contributed by atoms with E-state index in [9.17, 15) is 4.79 Å². The smallest absolute Gasteiger partial charge is 0.414 e. The lowest BCUT2D eigenvalue weighted by atomic mass is 10.1. The topological polar surface area (TPSA) is 81.3 Å². The standard InChI is InChI=1S/C12H18N4O2/c1-12(2,3)18-11(17)16-6-4-5-8-9(16)7-14-10(13)15-8/h7H,4-6H2,1-3H3,(H2,13,14,15). The Morgan fingerprint density at radius 3 is 2.89 bits per heavy atom. The third-order valence-corrected chi connectivity index (χ3v) is 2.56. The summed E-state index contributed by atoms with van der Waals surface area (Å²) in [4.78, 5) is 21.8. The molecule has 1 aromatic heterocycles. The van der Waals surface area contributed by atoms with E-state index < -0.39 is 5.60 Å². The van der Waals surface area contributed by atoms with Gasteiger partial charge in [0.15, 0.2) is 0 Å². The Bertz CT molecular complexity index is 468. The van der Waals surface area contributed by atoms with Crippen LogP contribution in [0.2, 0.25) is 0 Å². The number of ether oxygens (including phenoxy) is 1. The van der Waals surface area contributed by atoms with Crippen LogP contribution >= 0.6 is 0 Å². The Balaban J connectivity index is 2.25. The molecule has 1 amide bonds. The molecule has 0 atom stereocenters. The van der Waals surface area contributed by atoms with Crippen LogP contribution in [0.3, 0.4) is 0 Å². The summed E-state index contributed by atoms with van der Waals surface area (Å²) in [6, 6.07) is 0. The molecule has 6 heteroatoms. The first-order valence-corrected chi connectivity index (χ1v) is 5.99. The number of anilines is 2. The van der Waals surface area contributed by atoms with Crippen LogP contribution in [0, 0.1) is 0 Å². The summed E-state index contributed by atoms with van der Waals surface area (Å²) in [7, 11) is 0. The summed E-state index contributed by atoms with van der Waals surface area (Å²) in [6.07, 6.45) is 2.88. The molecule has 0 spiro atoms. The van der Waals surface area contributed by atoms with Gasteiger partial charge in [-0.25, -0.2) is 14.8 Å². The first-order valence-electron chi connectivity index (χ1n) is 5.99. The van der Waals surface area contributed by atoms with Crippen molar-refractivity contribution < 1.29 is 9.53 Å². The molecule has 0 aromatic carbocycles. The van der Waals surface area contributed by atoms with Gasteiger partial charge in [0.1, 0.15) is 5.60 Å². The quantitative estimate of drug-likeness (QED) is 0.758. The van der Waals surface area contributed by atoms with Crippen LogP contribution in [0.15, 0.2) is 6.20 Å². The second kappa shape index (κ2) is 4.44. The average molecular weight is 250 g/mol. The highest BCUT2D eigenvalue weighted by atomic mass is 16.6. The number of fused-ring (bicyclic) bond motifs is 1. The second-order valence-electron chi connectivity index (χ2n) is 5.30. The highest BCUT2D eigenvalue weighted by molar-refractivity contribution is 5.88. The zero-order chi connectivity index (χ0) is 13.3. The summed E-state index contributed by atoms with van der Waals surface area (Å²) in [5.74, 6) is 0.236. The molecule has 0 saturated heterocycles. The third-order valence-electron chi connectivity index (χ3n) is 2.56. The van der Waals surface area contributed by atoms with E-state index in [4.69, 9.17) is 10.5 Å². The summed E-state index contributed by atoms with van der Waals surface area (Å²) in [5.41, 5.74) is 6.54. The number of amides is 1. The molecule has 0 fully saturated rings. The maximum Gasteiger partial charge on any atom is 0.414 e. The SMILES string of the molecule is CC(C)(C)OC(=O)N1CCCc2nc(N)ncc21. The van der Waals surface area contributed by atoms with Gasteiger partial charge >= 0.3 is 6.09 Å². The fourth-order valence-corrected chi connectivity index (χ4v) is 1.87. The van der Waals surface area contributed by atoms with Gasteiger partial charge in [-0.05, 0) is 33.6 Å². The van der Waals surface area contributed by atoms with Crippen molar-refractivity contribution in [1.29, 1.82) is 0 Å². The number of nitrogen functional groups attached to an aromatic ring is 1. The van der Waals surface area contributed by atoms with Crippen molar-refractivity contribution in [2.45, 2.75) is 39.2 Å². The molecule has 0 unspecified atom stereocenters. The number of hydrogen-bond acceptors (Lipinski definition) is 5. The normalized spacial score (nSPS) is 15.2. The van der Waals surface area contributed by atoms with E-state index in [0.717, 1.165) is 18.5 Å². The van der Waals surface area contributed by atoms with Crippen molar-refractivity contribution in [3.05, 3.63) is 11.9 Å². The molecule has 0 radical (unpaired) electrons. The van der Waals surface area contributed by atoms with Crippen molar-refractivity contribution in [2.75, 3.05) is 17.2 Å². The Morgan fingerprint density at radius 1 is 1.50 bits per heavy atom. The van der Waals surface area contributed by atoms with Gasteiger partial charge in [0.2, 0.25) is 5.95 Å². The molecule has 1 aromatic rings. The molecule has 6 nitrogen and oxygen atoms in total. The van der Waals surface area contributed by atoms with Gasteiger partial charge < -0.3 is 10.5 Å². The van der Waals surface area contributed by atoms with Crippen LogP contribution < -0.4 is 10.6 Å². The van der Waals surface area contributed by atoms with E-state index >= 15 is 0 Å². The maximum atomic E-state index is 12.1. The maximum absolute atomic E-state index is 12.1. The van der Waals surface area contributed by atoms with Crippen LogP contribution in [-0.2, 0) is 11.2 Å². The molecule has 2 heterocycles. The number of rotatable bonds is 0. The molecule has 2 rings (SSSR count). The Hall–Kier alpha value is -1.85. The monoisotopic (exact) mass is 250 g/mol. The van der Waals surface area contributed by atoms with Crippen LogP contribution in [0.25, 0.3) is 0 Å². The van der Waals surface area contributed by atoms with E-state index in [1.165, 1.54) is 0 Å². The van der Waals surface area contributed by atoms with Gasteiger partial charge in [0.25, 0.3) is 0 Å². The Morgan fingerprint density at radius 2 is 2.22 bits per heavy atom. The molecule has 0 aliphatic carbocycles. The summed E-state index contributed by atoms with van der Waals surface area (Å²) in [6.45, 7) is 6.15. The first kappa shape index (κ1) is 12.6. The molecular weight excluding hydrogens is 232 g/mol. The van der Waals surface area contributed by atoms with Gasteiger partial charge in [0, 0.05) is 6.54 Å². The molecule has 1 aliphatic rings. The number of nitrogens with two attached hydrogens (primary N) is 1. The van der Waals surface area contributed by atoms with Crippen molar-refractivity contribution in [3.8, 4) is 0 Å². The fraction of sp³-hybridized carbons (Fsp3) is 0.583. The van der Waals surface area contributed by atoms with Crippen molar-refractivity contribution in [2.24, 2.45) is 0 Å². The number of hydrogen-bond donors (Lipinski definition) is 1. The lowest BCUT2D eigenvalue weighted by Crippen LogP contribution is -2.40. The number of nitrogens with zero attached hydrogens (tertiary/aromatic N) is 3. The van der Waals surface area contributed by atoms with Gasteiger partial charge in [-0.15, -0.1) is 0 Å². The zero-order valence-corrected chi connectivity index (χ0v) is 10.9. The third kappa shape index (κ3) is 2.69. The molecule has 18 heavy (non-hydrogen) atoms. The Kier molecular flexibility index (Phi) is 3.11. The van der Waals surface area contributed by atoms with Crippen molar-refractivity contribution >= 4 is 17.7 Å². The van der Waals surface area contributed by atoms with Crippen LogP contribution in [0.1, 0.15) is 32.9 Å². The minimum atomic E-state index is -0.511. The molecular formula is C12H18N4O2. The first-order chi connectivity index (χ1) is 8.37. The van der Waals surface area contributed by atoms with Gasteiger partial charge in [-0.3, -0.25) is 4.90 Å². The molecule has 0 saturated carbocycles. The van der Waals surface area contributed by atoms with Crippen LogP contribution in [0.5, 0.6) is 0 Å².